The molecule has 0 amide bonds. The van der Waals surface area contributed by atoms with E-state index in [1.54, 1.807) is 16.9 Å². The Morgan fingerprint density at radius 2 is 1.83 bits per heavy atom. The van der Waals surface area contributed by atoms with Crippen LogP contribution >= 0.6 is 0 Å². The summed E-state index contributed by atoms with van der Waals surface area (Å²) in [5.41, 5.74) is 0.0659. The van der Waals surface area contributed by atoms with Crippen LogP contribution in [0.3, 0.4) is 0 Å². The molecular formula is C15H12F3N5. The van der Waals surface area contributed by atoms with E-state index >= 15 is 0 Å². The number of hydrogen-bond acceptors (Lipinski definition) is 4. The second-order valence-electron chi connectivity index (χ2n) is 4.77. The largest absolute Gasteiger partial charge is 0.433 e. The van der Waals surface area contributed by atoms with Crippen LogP contribution in [0.5, 0.6) is 0 Å². The first-order chi connectivity index (χ1) is 11.0. The standard InChI is InChI=1S/C15H12F3N5/c16-15(17,18)12-6-8-19-14(20-12)21-13-7-9-23(22-13)10-11-4-2-1-3-5-11/h1-9H,10H2,(H,19,20,21,22). The molecule has 8 heteroatoms. The maximum atomic E-state index is 12.6. The van der Waals surface area contributed by atoms with E-state index in [0.717, 1.165) is 17.8 Å². The lowest BCUT2D eigenvalue weighted by Gasteiger charge is -2.07. The summed E-state index contributed by atoms with van der Waals surface area (Å²) in [6, 6.07) is 12.2. The van der Waals surface area contributed by atoms with Crippen molar-refractivity contribution in [1.29, 1.82) is 0 Å². The number of nitrogens with one attached hydrogen (secondary N) is 1. The number of anilines is 2. The molecule has 0 aliphatic heterocycles. The fraction of sp³-hybridized carbons (Fsp3) is 0.133. The molecule has 2 aromatic heterocycles. The fourth-order valence-corrected chi connectivity index (χ4v) is 1.98. The summed E-state index contributed by atoms with van der Waals surface area (Å²) >= 11 is 0. The topological polar surface area (TPSA) is 55.6 Å². The average Bonchev–Trinajstić information content (AvgIpc) is 2.95. The third-order valence-electron chi connectivity index (χ3n) is 3.01. The Labute approximate surface area is 129 Å². The van der Waals surface area contributed by atoms with E-state index in [1.165, 1.54) is 0 Å². The van der Waals surface area contributed by atoms with Gasteiger partial charge in [0.15, 0.2) is 5.82 Å². The molecule has 0 aliphatic rings. The van der Waals surface area contributed by atoms with Crippen molar-refractivity contribution in [3.05, 3.63) is 66.1 Å². The van der Waals surface area contributed by atoms with Crippen LogP contribution in [-0.2, 0) is 12.7 Å². The maximum Gasteiger partial charge on any atom is 0.433 e. The second-order valence-corrected chi connectivity index (χ2v) is 4.77. The smallest absolute Gasteiger partial charge is 0.307 e. The van der Waals surface area contributed by atoms with Gasteiger partial charge in [0.25, 0.3) is 0 Å². The van der Waals surface area contributed by atoms with Crippen LogP contribution < -0.4 is 5.32 Å². The molecule has 2 heterocycles. The van der Waals surface area contributed by atoms with Crippen molar-refractivity contribution in [3.63, 3.8) is 0 Å². The van der Waals surface area contributed by atoms with Gasteiger partial charge in [-0.15, -0.1) is 0 Å². The summed E-state index contributed by atoms with van der Waals surface area (Å²) in [6.45, 7) is 0.561. The third kappa shape index (κ3) is 3.85. The van der Waals surface area contributed by atoms with E-state index in [1.807, 2.05) is 30.3 Å². The second kappa shape index (κ2) is 6.07. The van der Waals surface area contributed by atoms with Gasteiger partial charge in [0.2, 0.25) is 5.95 Å². The van der Waals surface area contributed by atoms with Gasteiger partial charge in [-0.25, -0.2) is 9.97 Å². The van der Waals surface area contributed by atoms with Gasteiger partial charge < -0.3 is 5.32 Å². The average molecular weight is 319 g/mol. The normalized spacial score (nSPS) is 11.4. The fourth-order valence-electron chi connectivity index (χ4n) is 1.98. The Kier molecular flexibility index (Phi) is 3.96. The molecule has 1 aromatic carbocycles. The zero-order chi connectivity index (χ0) is 16.3. The highest BCUT2D eigenvalue weighted by Crippen LogP contribution is 2.27. The number of hydrogen-bond donors (Lipinski definition) is 1. The quantitative estimate of drug-likeness (QED) is 0.800. The predicted octanol–water partition coefficient (Wildman–Crippen LogP) is 3.48. The maximum absolute atomic E-state index is 12.6. The summed E-state index contributed by atoms with van der Waals surface area (Å²) in [5.74, 6) is 0.227. The number of alkyl halides is 3. The summed E-state index contributed by atoms with van der Waals surface area (Å²) in [7, 11) is 0. The molecule has 5 nitrogen and oxygen atoms in total. The molecular weight excluding hydrogens is 307 g/mol. The Bertz CT molecular complexity index is 783. The van der Waals surface area contributed by atoms with E-state index in [2.05, 4.69) is 20.4 Å². The summed E-state index contributed by atoms with van der Waals surface area (Å²) in [4.78, 5) is 7.21. The summed E-state index contributed by atoms with van der Waals surface area (Å²) in [5, 5.41) is 6.91. The van der Waals surface area contributed by atoms with Crippen molar-refractivity contribution in [1.82, 2.24) is 19.7 Å². The van der Waals surface area contributed by atoms with E-state index in [0.29, 0.717) is 12.4 Å². The highest BCUT2D eigenvalue weighted by atomic mass is 19.4. The summed E-state index contributed by atoms with van der Waals surface area (Å²) < 4.78 is 39.5. The molecule has 0 radical (unpaired) electrons. The van der Waals surface area contributed by atoms with Crippen molar-refractivity contribution in [3.8, 4) is 0 Å². The van der Waals surface area contributed by atoms with Gasteiger partial charge in [0, 0.05) is 18.5 Å². The predicted molar refractivity (Wildman–Crippen MR) is 78.1 cm³/mol. The van der Waals surface area contributed by atoms with Crippen LogP contribution in [0.1, 0.15) is 11.3 Å². The highest BCUT2D eigenvalue weighted by molar-refractivity contribution is 5.46. The van der Waals surface area contributed by atoms with E-state index in [4.69, 9.17) is 0 Å². The highest BCUT2D eigenvalue weighted by Gasteiger charge is 2.32. The zero-order valence-corrected chi connectivity index (χ0v) is 11.8. The van der Waals surface area contributed by atoms with Crippen molar-refractivity contribution < 1.29 is 13.2 Å². The number of aromatic nitrogens is 4. The molecule has 3 aromatic rings. The minimum atomic E-state index is -4.51. The van der Waals surface area contributed by atoms with Gasteiger partial charge in [-0.2, -0.15) is 18.3 Å². The first-order valence-electron chi connectivity index (χ1n) is 6.75. The van der Waals surface area contributed by atoms with Crippen molar-refractivity contribution in [2.45, 2.75) is 12.7 Å². The van der Waals surface area contributed by atoms with Crippen LogP contribution in [0.2, 0.25) is 0 Å². The van der Waals surface area contributed by atoms with E-state index < -0.39 is 11.9 Å². The molecule has 0 unspecified atom stereocenters. The van der Waals surface area contributed by atoms with Crippen molar-refractivity contribution >= 4 is 11.8 Å². The summed E-state index contributed by atoms with van der Waals surface area (Å²) in [6.07, 6.45) is -1.73. The van der Waals surface area contributed by atoms with Gasteiger partial charge in [0.1, 0.15) is 5.69 Å². The molecule has 3 rings (SSSR count). The molecule has 0 bridgehead atoms. The monoisotopic (exact) mass is 319 g/mol. The number of benzene rings is 1. The zero-order valence-electron chi connectivity index (χ0n) is 11.8. The first kappa shape index (κ1) is 15.0. The Balaban J connectivity index is 1.72. The van der Waals surface area contributed by atoms with Gasteiger partial charge in [-0.05, 0) is 11.6 Å². The minimum Gasteiger partial charge on any atom is -0.307 e. The van der Waals surface area contributed by atoms with Crippen LogP contribution in [0.4, 0.5) is 24.9 Å². The SMILES string of the molecule is FC(F)(F)c1ccnc(Nc2ccn(Cc3ccccc3)n2)n1. The first-order valence-corrected chi connectivity index (χ1v) is 6.75. The molecule has 0 fully saturated rings. The van der Waals surface area contributed by atoms with E-state index in [9.17, 15) is 13.2 Å². The Morgan fingerprint density at radius 3 is 2.57 bits per heavy atom. The molecule has 0 atom stereocenters. The van der Waals surface area contributed by atoms with Gasteiger partial charge in [-0.3, -0.25) is 4.68 Å². The van der Waals surface area contributed by atoms with Crippen molar-refractivity contribution in [2.75, 3.05) is 5.32 Å². The molecule has 118 valence electrons. The molecule has 0 aliphatic carbocycles. The molecule has 23 heavy (non-hydrogen) atoms. The lowest BCUT2D eigenvalue weighted by atomic mass is 10.2. The molecule has 1 N–H and O–H groups in total. The van der Waals surface area contributed by atoms with Gasteiger partial charge in [0.05, 0.1) is 6.54 Å². The third-order valence-corrected chi connectivity index (χ3v) is 3.01. The lowest BCUT2D eigenvalue weighted by molar-refractivity contribution is -0.141. The Morgan fingerprint density at radius 1 is 1.04 bits per heavy atom. The minimum absolute atomic E-state index is 0.148. The number of rotatable bonds is 4. The van der Waals surface area contributed by atoms with Crippen molar-refractivity contribution in [2.24, 2.45) is 0 Å². The van der Waals surface area contributed by atoms with Crippen LogP contribution in [0.15, 0.2) is 54.9 Å². The lowest BCUT2D eigenvalue weighted by Crippen LogP contribution is -2.10. The number of halogens is 3. The van der Waals surface area contributed by atoms with Gasteiger partial charge in [-0.1, -0.05) is 30.3 Å². The van der Waals surface area contributed by atoms with Gasteiger partial charge >= 0.3 is 6.18 Å². The molecule has 0 saturated carbocycles. The van der Waals surface area contributed by atoms with Crippen LogP contribution in [0, 0.1) is 0 Å². The number of nitrogens with zero attached hydrogens (tertiary/aromatic N) is 4. The molecule has 0 saturated heterocycles. The molecule has 0 spiro atoms. The van der Waals surface area contributed by atoms with E-state index in [-0.39, 0.29) is 5.95 Å². The van der Waals surface area contributed by atoms with Crippen LogP contribution in [-0.4, -0.2) is 19.7 Å². The van der Waals surface area contributed by atoms with Crippen LogP contribution in [0.25, 0.3) is 0 Å². The Hall–Kier alpha value is -2.90.